The number of ketones is 1. The molecule has 0 fully saturated rings. The molecular formula is C43H52N6O9. The minimum absolute atomic E-state index is 0.113. The van der Waals surface area contributed by atoms with Crippen molar-refractivity contribution in [3.05, 3.63) is 103 Å². The van der Waals surface area contributed by atoms with E-state index < -0.39 is 24.1 Å². The second-order valence-electron chi connectivity index (χ2n) is 14.0. The van der Waals surface area contributed by atoms with Gasteiger partial charge in [0.05, 0.1) is 50.8 Å². The zero-order chi connectivity index (χ0) is 41.1. The molecule has 15 nitrogen and oxygen atoms in total. The van der Waals surface area contributed by atoms with Crippen molar-refractivity contribution < 1.29 is 42.9 Å². The van der Waals surface area contributed by atoms with E-state index >= 15 is 0 Å². The number of ether oxygens (including phenoxy) is 4. The molecule has 0 aliphatic heterocycles. The van der Waals surface area contributed by atoms with E-state index in [4.69, 9.17) is 29.1 Å². The molecule has 15 heteroatoms. The lowest BCUT2D eigenvalue weighted by atomic mass is 9.96. The van der Waals surface area contributed by atoms with Crippen LogP contribution in [0.3, 0.4) is 0 Å². The second kappa shape index (κ2) is 23.0. The number of benzene rings is 2. The number of carbonyl (C=O) groups is 3. The molecule has 3 aromatic heterocycles. The van der Waals surface area contributed by atoms with Gasteiger partial charge < -0.3 is 44.8 Å². The third-order valence-electron chi connectivity index (χ3n) is 8.88. The maximum absolute atomic E-state index is 13.0. The molecular weight excluding hydrogens is 745 g/mol. The zero-order valence-electron chi connectivity index (χ0n) is 32.9. The lowest BCUT2D eigenvalue weighted by Crippen LogP contribution is -2.52. The number of aliphatic hydroxyl groups excluding tert-OH is 1. The molecule has 5 rings (SSSR count). The minimum atomic E-state index is -1.43. The van der Waals surface area contributed by atoms with Gasteiger partial charge in [-0.25, -0.2) is 9.97 Å². The van der Waals surface area contributed by atoms with E-state index in [2.05, 4.69) is 25.6 Å². The zero-order valence-corrected chi connectivity index (χ0v) is 32.9. The summed E-state index contributed by atoms with van der Waals surface area (Å²) in [5, 5.41) is 16.1. The average Bonchev–Trinajstić information content (AvgIpc) is 3.66. The Morgan fingerprint density at radius 2 is 1.60 bits per heavy atom. The molecule has 0 radical (unpaired) electrons. The highest BCUT2D eigenvalue weighted by molar-refractivity contribution is 6.03. The van der Waals surface area contributed by atoms with E-state index in [1.54, 1.807) is 48.8 Å². The quantitative estimate of drug-likeness (QED) is 0.0587. The molecule has 0 aliphatic carbocycles. The highest BCUT2D eigenvalue weighted by Crippen LogP contribution is 2.26. The monoisotopic (exact) mass is 796 g/mol. The molecule has 5 aromatic rings. The number of hydrogen-bond acceptors (Lipinski definition) is 13. The van der Waals surface area contributed by atoms with E-state index in [1.807, 2.05) is 50.2 Å². The van der Waals surface area contributed by atoms with Gasteiger partial charge >= 0.3 is 0 Å². The van der Waals surface area contributed by atoms with Crippen molar-refractivity contribution in [1.82, 2.24) is 20.3 Å². The van der Waals surface area contributed by atoms with E-state index in [9.17, 15) is 19.5 Å². The van der Waals surface area contributed by atoms with E-state index in [0.29, 0.717) is 87.3 Å². The Hall–Kier alpha value is -5.58. The van der Waals surface area contributed by atoms with Gasteiger partial charge in [-0.1, -0.05) is 44.2 Å². The summed E-state index contributed by atoms with van der Waals surface area (Å²) in [4.78, 5) is 51.3. The summed E-state index contributed by atoms with van der Waals surface area (Å²) in [6, 6.07) is 20.0. The minimum Gasteiger partial charge on any atom is -0.490 e. The molecule has 308 valence electrons. The molecule has 0 saturated heterocycles. The smallest absolute Gasteiger partial charge is 0.274 e. The fourth-order valence-electron chi connectivity index (χ4n) is 5.89. The topological polar surface area (TPSA) is 210 Å². The molecule has 58 heavy (non-hydrogen) atoms. The van der Waals surface area contributed by atoms with Gasteiger partial charge in [-0.15, -0.1) is 0 Å². The number of nitrogens with one attached hydrogen (secondary N) is 2. The van der Waals surface area contributed by atoms with E-state index in [1.165, 1.54) is 6.20 Å². The number of Topliss-reactive ketones (excluding diaryl/α,β-unsaturated/α-hetero) is 1. The maximum Gasteiger partial charge on any atom is 0.274 e. The van der Waals surface area contributed by atoms with Gasteiger partial charge in [0.2, 0.25) is 5.89 Å². The average molecular weight is 797 g/mol. The molecule has 3 atom stereocenters. The van der Waals surface area contributed by atoms with Crippen LogP contribution in [0.2, 0.25) is 0 Å². The maximum atomic E-state index is 13.0. The molecule has 0 unspecified atom stereocenters. The number of oxazole rings is 1. The van der Waals surface area contributed by atoms with Crippen LogP contribution in [0.25, 0.3) is 22.6 Å². The summed E-state index contributed by atoms with van der Waals surface area (Å²) in [5.74, 6) is -0.0249. The summed E-state index contributed by atoms with van der Waals surface area (Å²) < 4.78 is 28.2. The number of anilines is 1. The van der Waals surface area contributed by atoms with Crippen molar-refractivity contribution >= 4 is 34.4 Å². The van der Waals surface area contributed by atoms with Crippen LogP contribution in [0.5, 0.6) is 5.75 Å². The van der Waals surface area contributed by atoms with Gasteiger partial charge in [-0.3, -0.25) is 19.4 Å². The predicted octanol–water partition coefficient (Wildman–Crippen LogP) is 4.78. The number of fused-ring (bicyclic) bond motifs is 1. The van der Waals surface area contributed by atoms with E-state index in [0.717, 1.165) is 11.1 Å². The van der Waals surface area contributed by atoms with Gasteiger partial charge in [-0.05, 0) is 73.2 Å². The van der Waals surface area contributed by atoms with Crippen LogP contribution >= 0.6 is 0 Å². The van der Waals surface area contributed by atoms with E-state index in [-0.39, 0.29) is 36.3 Å². The van der Waals surface area contributed by atoms with Gasteiger partial charge in [0.15, 0.2) is 11.4 Å². The van der Waals surface area contributed by atoms with Crippen LogP contribution in [0, 0.1) is 5.92 Å². The van der Waals surface area contributed by atoms with Crippen molar-refractivity contribution in [3.63, 3.8) is 0 Å². The van der Waals surface area contributed by atoms with Gasteiger partial charge in [0, 0.05) is 37.2 Å². The van der Waals surface area contributed by atoms with Crippen LogP contribution in [0.1, 0.15) is 49.2 Å². The number of amides is 2. The Kier molecular flexibility index (Phi) is 17.3. The predicted molar refractivity (Wildman–Crippen MR) is 217 cm³/mol. The number of aliphatic hydroxyl groups is 1. The number of nitrogens with two attached hydrogens (primary N) is 1. The van der Waals surface area contributed by atoms with Crippen molar-refractivity contribution in [2.24, 2.45) is 11.7 Å². The lowest BCUT2D eigenvalue weighted by molar-refractivity contribution is -0.134. The summed E-state index contributed by atoms with van der Waals surface area (Å²) >= 11 is 0. The molecule has 0 saturated carbocycles. The first-order valence-electron chi connectivity index (χ1n) is 19.4. The van der Waals surface area contributed by atoms with Crippen LogP contribution < -0.4 is 21.1 Å². The summed E-state index contributed by atoms with van der Waals surface area (Å²) in [6.07, 6.45) is 4.91. The standard InChI is InChI=1S/C43H52N6O9/c1-29(2)24-36(48-42(53)40(51)34(44)25-30-8-4-3-5-9-30)38(50)11-7-17-54-18-19-55-20-21-56-22-23-57-33-13-14-35(46-28-33)41(52)47-32-12-15-39-37(26-32)49-43(58-39)31-10-6-16-45-27-31/h3-6,8-10,12-16,26-29,34,36,40,51H,7,11,17-25,44H2,1-2H3,(H,47,52)(H,48,53)/t34-,36+,40+/m1/s1. The van der Waals surface area contributed by atoms with Gasteiger partial charge in [0.1, 0.15) is 29.7 Å². The van der Waals surface area contributed by atoms with Crippen LogP contribution in [-0.2, 0) is 30.2 Å². The fraction of sp³-hybridized carbons (Fsp3) is 0.395. The Bertz CT molecular complexity index is 2010. The van der Waals surface area contributed by atoms with Crippen molar-refractivity contribution in [1.29, 1.82) is 0 Å². The number of hydrogen-bond donors (Lipinski definition) is 4. The first-order valence-corrected chi connectivity index (χ1v) is 19.4. The van der Waals surface area contributed by atoms with Gasteiger partial charge in [-0.2, -0.15) is 0 Å². The molecule has 0 aliphatic rings. The molecule has 2 aromatic carbocycles. The molecule has 5 N–H and O–H groups in total. The Morgan fingerprint density at radius 1 is 0.862 bits per heavy atom. The Labute approximate surface area is 337 Å². The fourth-order valence-corrected chi connectivity index (χ4v) is 5.89. The summed E-state index contributed by atoms with van der Waals surface area (Å²) in [6.45, 7) is 6.41. The van der Waals surface area contributed by atoms with Crippen molar-refractivity contribution in [3.8, 4) is 17.2 Å². The molecule has 0 spiro atoms. The third kappa shape index (κ3) is 14.1. The van der Waals surface area contributed by atoms with Crippen LogP contribution in [0.15, 0.2) is 95.8 Å². The largest absolute Gasteiger partial charge is 0.490 e. The number of carbonyl (C=O) groups excluding carboxylic acids is 3. The second-order valence-corrected chi connectivity index (χ2v) is 14.0. The molecule has 3 heterocycles. The highest BCUT2D eigenvalue weighted by Gasteiger charge is 2.28. The highest BCUT2D eigenvalue weighted by atomic mass is 16.6. The Morgan fingerprint density at radius 3 is 2.29 bits per heavy atom. The number of aromatic nitrogens is 3. The first-order chi connectivity index (χ1) is 28.2. The van der Waals surface area contributed by atoms with Crippen molar-refractivity contribution in [2.45, 2.75) is 57.7 Å². The van der Waals surface area contributed by atoms with Crippen LogP contribution in [0.4, 0.5) is 5.69 Å². The van der Waals surface area contributed by atoms with Crippen LogP contribution in [-0.4, -0.2) is 102 Å². The number of nitrogens with zero attached hydrogens (tertiary/aromatic N) is 3. The molecule has 2 amide bonds. The lowest BCUT2D eigenvalue weighted by Gasteiger charge is -2.24. The van der Waals surface area contributed by atoms with Crippen molar-refractivity contribution in [2.75, 3.05) is 51.6 Å². The first kappa shape index (κ1) is 43.5. The number of rotatable bonds is 25. The SMILES string of the molecule is CC(C)C[C@H](NC(=O)[C@@H](O)[C@H](N)Cc1ccccc1)C(=O)CCCOCCOCCOCCOc1ccc(C(=O)Nc2ccc3oc(-c4cccnc4)nc3c2)nc1. The molecule has 0 bridgehead atoms. The normalized spacial score (nSPS) is 12.9. The van der Waals surface area contributed by atoms with Gasteiger partial charge in [0.25, 0.3) is 11.8 Å². The Balaban J connectivity index is 0.880. The third-order valence-corrected chi connectivity index (χ3v) is 8.88. The summed E-state index contributed by atoms with van der Waals surface area (Å²) in [5.41, 5.74) is 9.75. The summed E-state index contributed by atoms with van der Waals surface area (Å²) in [7, 11) is 0. The number of pyridine rings is 2.